The van der Waals surface area contributed by atoms with Gasteiger partial charge in [0.05, 0.1) is 30.5 Å². The zero-order valence-electron chi connectivity index (χ0n) is 14.1. The van der Waals surface area contributed by atoms with E-state index < -0.39 is 0 Å². The van der Waals surface area contributed by atoms with Crippen LogP contribution in [0.2, 0.25) is 12.1 Å². The molecule has 0 aliphatic rings. The fourth-order valence-corrected chi connectivity index (χ4v) is 11.0. The van der Waals surface area contributed by atoms with Crippen molar-refractivity contribution in [2.24, 2.45) is 0 Å². The standard InChI is InChI=1S/C12H30O4S3Si2/c1-7-20-11(13-3,14-4)9-17-19-18-10-12(15-5,16-6)21-8-2/h7-10,20-21H2,1-6H3. The predicted octanol–water partition coefficient (Wildman–Crippen LogP) is 2.12. The third-order valence-corrected chi connectivity index (χ3v) is 12.6. The van der Waals surface area contributed by atoms with Gasteiger partial charge in [0.25, 0.3) is 0 Å². The smallest absolute Gasteiger partial charge is 0.153 e. The fraction of sp³-hybridized carbons (Fsp3) is 1.00. The third-order valence-electron chi connectivity index (χ3n) is 3.40. The molecule has 0 saturated carbocycles. The summed E-state index contributed by atoms with van der Waals surface area (Å²) in [4.78, 5) is 0. The molecule has 0 saturated heterocycles. The molecule has 128 valence electrons. The van der Waals surface area contributed by atoms with Gasteiger partial charge in [0.1, 0.15) is 0 Å². The first-order valence-corrected chi connectivity index (χ1v) is 14.4. The zero-order chi connectivity index (χ0) is 16.2. The first-order chi connectivity index (χ1) is 10.1. The van der Waals surface area contributed by atoms with E-state index in [1.165, 1.54) is 12.1 Å². The normalized spacial score (nSPS) is 14.0. The maximum atomic E-state index is 5.61. The zero-order valence-corrected chi connectivity index (χ0v) is 19.4. The summed E-state index contributed by atoms with van der Waals surface area (Å²) in [5.41, 5.74) is -0.657. The minimum Gasteiger partial charge on any atom is -0.357 e. The molecular weight excluding hydrogens is 361 g/mol. The summed E-state index contributed by atoms with van der Waals surface area (Å²) in [5, 5.41) is 0. The first kappa shape index (κ1) is 22.3. The van der Waals surface area contributed by atoms with Crippen molar-refractivity contribution in [1.82, 2.24) is 0 Å². The second-order valence-corrected chi connectivity index (χ2v) is 14.1. The van der Waals surface area contributed by atoms with Gasteiger partial charge in [0.2, 0.25) is 0 Å². The van der Waals surface area contributed by atoms with E-state index in [1.807, 2.05) is 0 Å². The van der Waals surface area contributed by atoms with E-state index in [1.54, 1.807) is 59.9 Å². The van der Waals surface area contributed by atoms with Crippen LogP contribution < -0.4 is 0 Å². The Bertz CT molecular complexity index is 231. The molecule has 4 nitrogen and oxygen atoms in total. The maximum Gasteiger partial charge on any atom is 0.153 e. The van der Waals surface area contributed by atoms with Gasteiger partial charge in [-0.3, -0.25) is 0 Å². The summed E-state index contributed by atoms with van der Waals surface area (Å²) in [5.74, 6) is 1.74. The molecule has 21 heavy (non-hydrogen) atoms. The average molecular weight is 391 g/mol. The minimum absolute atomic E-state index is 0.329. The fourth-order valence-electron chi connectivity index (χ4n) is 1.98. The highest BCUT2D eigenvalue weighted by atomic mass is 33.5. The predicted molar refractivity (Wildman–Crippen MR) is 104 cm³/mol. The van der Waals surface area contributed by atoms with Crippen molar-refractivity contribution in [3.8, 4) is 0 Å². The van der Waals surface area contributed by atoms with E-state index in [0.29, 0.717) is 0 Å². The second-order valence-electron chi connectivity index (χ2n) is 4.73. The topological polar surface area (TPSA) is 36.9 Å². The van der Waals surface area contributed by atoms with Crippen LogP contribution >= 0.6 is 31.4 Å². The second kappa shape index (κ2) is 12.7. The molecule has 0 aromatic heterocycles. The minimum atomic E-state index is -0.380. The van der Waals surface area contributed by atoms with E-state index in [2.05, 4.69) is 13.8 Å². The van der Waals surface area contributed by atoms with Gasteiger partial charge in [-0.2, -0.15) is 0 Å². The van der Waals surface area contributed by atoms with Crippen LogP contribution in [0, 0.1) is 0 Å². The van der Waals surface area contributed by atoms with Crippen molar-refractivity contribution in [1.29, 1.82) is 0 Å². The lowest BCUT2D eigenvalue weighted by atomic mass is 10.7. The molecule has 0 bridgehead atoms. The van der Waals surface area contributed by atoms with Crippen molar-refractivity contribution < 1.29 is 18.9 Å². The Balaban J connectivity index is 4.13. The molecule has 0 radical (unpaired) electrons. The SMILES string of the molecule is CC[SiH2]C(CSSSCC(OC)(OC)[SiH2]CC)(OC)OC. The van der Waals surface area contributed by atoms with E-state index in [9.17, 15) is 0 Å². The first-order valence-electron chi connectivity index (χ1n) is 7.19. The Morgan fingerprint density at radius 3 is 1.29 bits per heavy atom. The summed E-state index contributed by atoms with van der Waals surface area (Å²) in [6, 6.07) is 2.36. The molecule has 0 atom stereocenters. The Labute approximate surface area is 146 Å². The van der Waals surface area contributed by atoms with Crippen LogP contribution in [0.15, 0.2) is 0 Å². The number of hydrogen-bond acceptors (Lipinski definition) is 7. The monoisotopic (exact) mass is 390 g/mol. The van der Waals surface area contributed by atoms with E-state index in [0.717, 1.165) is 11.5 Å². The summed E-state index contributed by atoms with van der Waals surface area (Å²) in [7, 11) is 11.6. The van der Waals surface area contributed by atoms with E-state index in [-0.39, 0.29) is 29.9 Å². The van der Waals surface area contributed by atoms with Gasteiger partial charge in [-0.05, 0) is 9.83 Å². The lowest BCUT2D eigenvalue weighted by Gasteiger charge is -2.31. The summed E-state index contributed by atoms with van der Waals surface area (Å²) in [6.45, 7) is 4.40. The van der Waals surface area contributed by atoms with Crippen LogP contribution in [0.25, 0.3) is 0 Å². The van der Waals surface area contributed by atoms with Gasteiger partial charge in [-0.25, -0.2) is 0 Å². The van der Waals surface area contributed by atoms with Gasteiger partial charge in [0, 0.05) is 28.4 Å². The summed E-state index contributed by atoms with van der Waals surface area (Å²) in [6.07, 6.45) is 0. The quantitative estimate of drug-likeness (QED) is 0.195. The van der Waals surface area contributed by atoms with Crippen molar-refractivity contribution in [2.45, 2.75) is 36.8 Å². The van der Waals surface area contributed by atoms with Crippen LogP contribution in [0.5, 0.6) is 0 Å². The van der Waals surface area contributed by atoms with Crippen molar-refractivity contribution in [2.75, 3.05) is 39.9 Å². The summed E-state index contributed by atoms with van der Waals surface area (Å²) >= 11 is 0. The number of rotatable bonds is 14. The number of hydrogen-bond donors (Lipinski definition) is 0. The van der Waals surface area contributed by atoms with Crippen LogP contribution in [-0.2, 0) is 18.9 Å². The van der Waals surface area contributed by atoms with Crippen LogP contribution in [0.3, 0.4) is 0 Å². The molecule has 0 aromatic rings. The lowest BCUT2D eigenvalue weighted by Crippen LogP contribution is -2.43. The average Bonchev–Trinajstić information content (AvgIpc) is 2.52. The Hall–Kier alpha value is 1.32. The van der Waals surface area contributed by atoms with Gasteiger partial charge in [-0.1, -0.05) is 47.5 Å². The molecule has 0 aliphatic carbocycles. The Kier molecular flexibility index (Phi) is 13.5. The molecule has 0 aliphatic heterocycles. The highest BCUT2D eigenvalue weighted by molar-refractivity contribution is 9.09. The molecular formula is C12H30O4S3Si2. The van der Waals surface area contributed by atoms with Gasteiger partial charge >= 0.3 is 0 Å². The molecule has 0 rings (SSSR count). The van der Waals surface area contributed by atoms with Crippen LogP contribution in [0.4, 0.5) is 0 Å². The van der Waals surface area contributed by atoms with Gasteiger partial charge in [-0.15, -0.1) is 0 Å². The van der Waals surface area contributed by atoms with Crippen molar-refractivity contribution >= 4 is 50.5 Å². The molecule has 0 heterocycles. The van der Waals surface area contributed by atoms with Crippen LogP contribution in [-0.4, -0.2) is 69.8 Å². The van der Waals surface area contributed by atoms with Gasteiger partial charge in [0.15, 0.2) is 10.8 Å². The molecule has 0 fully saturated rings. The molecule has 9 heteroatoms. The molecule has 0 aromatic carbocycles. The van der Waals surface area contributed by atoms with Crippen LogP contribution in [0.1, 0.15) is 13.8 Å². The molecule has 0 amide bonds. The van der Waals surface area contributed by atoms with Crippen molar-refractivity contribution in [3.63, 3.8) is 0 Å². The molecule has 0 N–H and O–H groups in total. The Morgan fingerprint density at radius 2 is 1.05 bits per heavy atom. The van der Waals surface area contributed by atoms with E-state index >= 15 is 0 Å². The lowest BCUT2D eigenvalue weighted by molar-refractivity contribution is -0.126. The Morgan fingerprint density at radius 1 is 0.714 bits per heavy atom. The molecule has 0 unspecified atom stereocenters. The molecule has 0 spiro atoms. The van der Waals surface area contributed by atoms with E-state index in [4.69, 9.17) is 18.9 Å². The summed E-state index contributed by atoms with van der Waals surface area (Å²) < 4.78 is 22.4. The third kappa shape index (κ3) is 8.12. The highest BCUT2D eigenvalue weighted by Crippen LogP contribution is 2.39. The number of ether oxygens (including phenoxy) is 4. The van der Waals surface area contributed by atoms with Gasteiger partial charge < -0.3 is 18.9 Å². The largest absolute Gasteiger partial charge is 0.357 e. The number of methoxy groups -OCH3 is 4. The van der Waals surface area contributed by atoms with Crippen molar-refractivity contribution in [3.05, 3.63) is 0 Å². The maximum absolute atomic E-state index is 5.61. The highest BCUT2D eigenvalue weighted by Gasteiger charge is 2.30.